The number of rotatable bonds is 7. The molecule has 0 aliphatic carbocycles. The molecule has 0 spiro atoms. The van der Waals surface area contributed by atoms with Gasteiger partial charge in [0.05, 0.1) is 25.9 Å². The molecule has 0 saturated heterocycles. The summed E-state index contributed by atoms with van der Waals surface area (Å²) < 4.78 is 12.8. The van der Waals surface area contributed by atoms with Crippen LogP contribution in [-0.4, -0.2) is 30.6 Å². The lowest BCUT2D eigenvalue weighted by molar-refractivity contribution is 0.0975. The number of hydrogen-bond donors (Lipinski definition) is 1. The van der Waals surface area contributed by atoms with E-state index in [0.717, 1.165) is 22.8 Å². The van der Waals surface area contributed by atoms with Crippen LogP contribution in [0.3, 0.4) is 0 Å². The monoisotopic (exact) mass is 378 g/mol. The highest BCUT2D eigenvalue weighted by Crippen LogP contribution is 2.30. The largest absolute Gasteiger partial charge is 0.497 e. The number of para-hydroxylation sites is 1. The van der Waals surface area contributed by atoms with E-state index < -0.39 is 6.04 Å². The highest BCUT2D eigenvalue weighted by Gasteiger charge is 2.22. The van der Waals surface area contributed by atoms with E-state index in [4.69, 9.17) is 9.47 Å². The van der Waals surface area contributed by atoms with Crippen molar-refractivity contribution < 1.29 is 14.3 Å². The smallest absolute Gasteiger partial charge is 0.186 e. The molecule has 5 nitrogen and oxygen atoms in total. The van der Waals surface area contributed by atoms with Crippen LogP contribution >= 0.6 is 0 Å². The number of nitrogens with zero attached hydrogens (tertiary/aromatic N) is 1. The molecule has 0 fully saturated rings. The molecule has 0 bridgehead atoms. The van der Waals surface area contributed by atoms with E-state index in [0.29, 0.717) is 17.1 Å². The third-order valence-electron chi connectivity index (χ3n) is 4.88. The Morgan fingerprint density at radius 3 is 2.36 bits per heavy atom. The van der Waals surface area contributed by atoms with Gasteiger partial charge in [-0.25, -0.2) is 0 Å². The lowest BCUT2D eigenvalue weighted by atomic mass is 10.1. The number of benzene rings is 2. The van der Waals surface area contributed by atoms with Crippen molar-refractivity contribution in [2.24, 2.45) is 0 Å². The Morgan fingerprint density at radius 2 is 1.71 bits per heavy atom. The van der Waals surface area contributed by atoms with Crippen LogP contribution in [0, 0.1) is 13.8 Å². The Bertz CT molecular complexity index is 977. The summed E-state index contributed by atoms with van der Waals surface area (Å²) in [6.45, 7) is 5.86. The second kappa shape index (κ2) is 8.21. The van der Waals surface area contributed by atoms with Crippen LogP contribution in [0.1, 0.15) is 28.7 Å². The predicted octanol–water partition coefficient (Wildman–Crippen LogP) is 4.79. The molecule has 2 aromatic carbocycles. The molecule has 0 radical (unpaired) electrons. The zero-order chi connectivity index (χ0) is 20.3. The number of Topliss-reactive ketones (excluding diaryl/α,β-unsaturated/α-hetero) is 1. The Hall–Kier alpha value is -3.21. The molecule has 0 aliphatic rings. The molecule has 0 saturated carbocycles. The number of aryl methyl sites for hydroxylation is 1. The SMILES string of the molecule is COc1ccc(N[C@@H](C)C(=O)c2cc(C)n(-c3ccccc3)c2C)c(OC)c1. The molecule has 1 aromatic heterocycles. The molecule has 3 aromatic rings. The van der Waals surface area contributed by atoms with Crippen molar-refractivity contribution in [2.75, 3.05) is 19.5 Å². The number of methoxy groups -OCH3 is 2. The molecular weight excluding hydrogens is 352 g/mol. The van der Waals surface area contributed by atoms with Gasteiger partial charge in [0, 0.05) is 28.7 Å². The molecule has 3 rings (SSSR count). The van der Waals surface area contributed by atoms with Crippen LogP contribution in [0.2, 0.25) is 0 Å². The molecule has 28 heavy (non-hydrogen) atoms. The van der Waals surface area contributed by atoms with Gasteiger partial charge in [0.25, 0.3) is 0 Å². The molecule has 1 N–H and O–H groups in total. The second-order valence-corrected chi connectivity index (χ2v) is 6.75. The van der Waals surface area contributed by atoms with Crippen molar-refractivity contribution in [2.45, 2.75) is 26.8 Å². The minimum absolute atomic E-state index is 0.0353. The fraction of sp³-hybridized carbons (Fsp3) is 0.261. The van der Waals surface area contributed by atoms with Gasteiger partial charge >= 0.3 is 0 Å². The van der Waals surface area contributed by atoms with Gasteiger partial charge in [-0.3, -0.25) is 4.79 Å². The van der Waals surface area contributed by atoms with Gasteiger partial charge < -0.3 is 19.4 Å². The van der Waals surface area contributed by atoms with E-state index in [1.165, 1.54) is 0 Å². The predicted molar refractivity (Wildman–Crippen MR) is 112 cm³/mol. The Morgan fingerprint density at radius 1 is 1.00 bits per heavy atom. The fourth-order valence-corrected chi connectivity index (χ4v) is 3.44. The molecule has 1 heterocycles. The van der Waals surface area contributed by atoms with Crippen molar-refractivity contribution in [3.05, 3.63) is 71.5 Å². The second-order valence-electron chi connectivity index (χ2n) is 6.75. The van der Waals surface area contributed by atoms with Gasteiger partial charge in [-0.05, 0) is 51.1 Å². The first-order valence-electron chi connectivity index (χ1n) is 9.23. The van der Waals surface area contributed by atoms with Crippen molar-refractivity contribution in [1.82, 2.24) is 4.57 Å². The van der Waals surface area contributed by atoms with Crippen LogP contribution in [0.15, 0.2) is 54.6 Å². The number of ether oxygens (including phenoxy) is 2. The molecular formula is C23H26N2O3. The molecule has 0 unspecified atom stereocenters. The normalized spacial score (nSPS) is 11.8. The Labute approximate surface area is 165 Å². The minimum Gasteiger partial charge on any atom is -0.497 e. The van der Waals surface area contributed by atoms with Crippen LogP contribution in [-0.2, 0) is 0 Å². The van der Waals surface area contributed by atoms with E-state index in [2.05, 4.69) is 9.88 Å². The summed E-state index contributed by atoms with van der Waals surface area (Å²) in [6, 6.07) is 17.1. The zero-order valence-electron chi connectivity index (χ0n) is 16.9. The van der Waals surface area contributed by atoms with E-state index in [1.54, 1.807) is 20.3 Å². The van der Waals surface area contributed by atoms with Gasteiger partial charge in [-0.1, -0.05) is 18.2 Å². The molecule has 0 aliphatic heterocycles. The van der Waals surface area contributed by atoms with Crippen molar-refractivity contribution in [1.29, 1.82) is 0 Å². The van der Waals surface area contributed by atoms with Gasteiger partial charge in [-0.2, -0.15) is 0 Å². The third-order valence-corrected chi connectivity index (χ3v) is 4.88. The number of anilines is 1. The number of carbonyl (C=O) groups excluding carboxylic acids is 1. The highest BCUT2D eigenvalue weighted by molar-refractivity contribution is 6.02. The first-order valence-corrected chi connectivity index (χ1v) is 9.23. The number of hydrogen-bond acceptors (Lipinski definition) is 4. The quantitative estimate of drug-likeness (QED) is 0.600. The van der Waals surface area contributed by atoms with Gasteiger partial charge in [0.2, 0.25) is 0 Å². The topological polar surface area (TPSA) is 52.5 Å². The zero-order valence-corrected chi connectivity index (χ0v) is 16.9. The summed E-state index contributed by atoms with van der Waals surface area (Å²) >= 11 is 0. The maximum atomic E-state index is 13.1. The van der Waals surface area contributed by atoms with Gasteiger partial charge in [0.1, 0.15) is 11.5 Å². The number of aromatic nitrogens is 1. The summed E-state index contributed by atoms with van der Waals surface area (Å²) in [6.07, 6.45) is 0. The maximum absolute atomic E-state index is 13.1. The van der Waals surface area contributed by atoms with E-state index in [1.807, 2.05) is 69.3 Å². The summed E-state index contributed by atoms with van der Waals surface area (Å²) in [5.74, 6) is 1.37. The number of nitrogens with one attached hydrogen (secondary N) is 1. The van der Waals surface area contributed by atoms with Crippen LogP contribution in [0.5, 0.6) is 11.5 Å². The first kappa shape index (κ1) is 19.5. The summed E-state index contributed by atoms with van der Waals surface area (Å²) in [7, 11) is 3.20. The molecule has 0 amide bonds. The molecule has 1 atom stereocenters. The van der Waals surface area contributed by atoms with Crippen LogP contribution < -0.4 is 14.8 Å². The maximum Gasteiger partial charge on any atom is 0.186 e. The van der Waals surface area contributed by atoms with Crippen LogP contribution in [0.25, 0.3) is 5.69 Å². The lowest BCUT2D eigenvalue weighted by Gasteiger charge is -2.17. The lowest BCUT2D eigenvalue weighted by Crippen LogP contribution is -2.26. The van der Waals surface area contributed by atoms with Gasteiger partial charge in [-0.15, -0.1) is 0 Å². The summed E-state index contributed by atoms with van der Waals surface area (Å²) in [5.41, 5.74) is 4.48. The van der Waals surface area contributed by atoms with E-state index in [-0.39, 0.29) is 5.78 Å². The molecule has 5 heteroatoms. The van der Waals surface area contributed by atoms with Crippen LogP contribution in [0.4, 0.5) is 5.69 Å². The number of ketones is 1. The first-order chi connectivity index (χ1) is 13.5. The van der Waals surface area contributed by atoms with Crippen molar-refractivity contribution in [3.8, 4) is 17.2 Å². The molecule has 146 valence electrons. The third kappa shape index (κ3) is 3.74. The van der Waals surface area contributed by atoms with Crippen molar-refractivity contribution >= 4 is 11.5 Å². The average Bonchev–Trinajstić information content (AvgIpc) is 3.02. The van der Waals surface area contributed by atoms with Gasteiger partial charge in [0.15, 0.2) is 5.78 Å². The minimum atomic E-state index is -0.410. The standard InChI is InChI=1S/C23H26N2O3/c1-15-13-20(17(3)25(15)18-9-7-6-8-10-18)23(26)16(2)24-21-12-11-19(27-4)14-22(21)28-5/h6-14,16,24H,1-5H3/t16-/m0/s1. The Balaban J connectivity index is 1.87. The summed E-state index contributed by atoms with van der Waals surface area (Å²) in [5, 5.41) is 3.27. The number of carbonyl (C=O) groups is 1. The van der Waals surface area contributed by atoms with Crippen molar-refractivity contribution in [3.63, 3.8) is 0 Å². The fourth-order valence-electron chi connectivity index (χ4n) is 3.44. The summed E-state index contributed by atoms with van der Waals surface area (Å²) in [4.78, 5) is 13.1. The van der Waals surface area contributed by atoms with E-state index >= 15 is 0 Å². The Kier molecular flexibility index (Phi) is 5.73. The highest BCUT2D eigenvalue weighted by atomic mass is 16.5. The average molecular weight is 378 g/mol. The van der Waals surface area contributed by atoms with E-state index in [9.17, 15) is 4.79 Å².